The van der Waals surface area contributed by atoms with E-state index in [0.717, 1.165) is 20.9 Å². The lowest BCUT2D eigenvalue weighted by atomic mass is 10.3. The first kappa shape index (κ1) is 19.4. The standard InChI is InChI=1S/C20H19N5O2S2/c1-13-17(20(27)25(24(13)2)14-6-4-3-5-7-14)23-16(26)9-11-29-19-18-15(8-10-28-18)21-12-22-19/h3-8,10,12H,9,11H2,1-2H3,(H,23,26). The number of nitrogens with one attached hydrogen (secondary N) is 1. The van der Waals surface area contributed by atoms with Gasteiger partial charge >= 0.3 is 0 Å². The van der Waals surface area contributed by atoms with Crippen LogP contribution in [0.15, 0.2) is 57.9 Å². The van der Waals surface area contributed by atoms with Crippen molar-refractivity contribution in [3.05, 3.63) is 64.2 Å². The van der Waals surface area contributed by atoms with Crippen LogP contribution in [-0.2, 0) is 11.8 Å². The van der Waals surface area contributed by atoms with Crippen LogP contribution in [0, 0.1) is 6.92 Å². The molecular formula is C20H19N5O2S2. The highest BCUT2D eigenvalue weighted by Gasteiger charge is 2.18. The number of hydrogen-bond acceptors (Lipinski definition) is 6. The van der Waals surface area contributed by atoms with E-state index in [1.165, 1.54) is 18.1 Å². The monoisotopic (exact) mass is 425 g/mol. The molecule has 4 rings (SSSR count). The smallest absolute Gasteiger partial charge is 0.295 e. The second-order valence-corrected chi connectivity index (χ2v) is 8.40. The molecule has 0 spiro atoms. The number of rotatable bonds is 6. The Balaban J connectivity index is 1.45. The number of para-hydroxylation sites is 1. The maximum absolute atomic E-state index is 12.9. The molecule has 9 heteroatoms. The number of carbonyl (C=O) groups is 1. The van der Waals surface area contributed by atoms with Gasteiger partial charge in [-0.15, -0.1) is 23.1 Å². The van der Waals surface area contributed by atoms with Gasteiger partial charge in [0.2, 0.25) is 5.91 Å². The lowest BCUT2D eigenvalue weighted by Gasteiger charge is -2.07. The van der Waals surface area contributed by atoms with Crippen LogP contribution in [0.3, 0.4) is 0 Å². The van der Waals surface area contributed by atoms with Gasteiger partial charge in [0, 0.05) is 19.2 Å². The molecule has 0 saturated carbocycles. The largest absolute Gasteiger partial charge is 0.320 e. The highest BCUT2D eigenvalue weighted by Crippen LogP contribution is 2.29. The number of benzene rings is 1. The Morgan fingerprint density at radius 1 is 1.21 bits per heavy atom. The summed E-state index contributed by atoms with van der Waals surface area (Å²) in [7, 11) is 1.80. The molecule has 0 aliphatic carbocycles. The molecule has 29 heavy (non-hydrogen) atoms. The fourth-order valence-corrected chi connectivity index (χ4v) is 4.91. The Hall–Kier alpha value is -2.91. The van der Waals surface area contributed by atoms with Gasteiger partial charge < -0.3 is 5.32 Å². The number of anilines is 1. The third kappa shape index (κ3) is 3.83. The molecule has 148 valence electrons. The minimum absolute atomic E-state index is 0.194. The van der Waals surface area contributed by atoms with Crippen LogP contribution >= 0.6 is 23.1 Å². The minimum Gasteiger partial charge on any atom is -0.320 e. The number of aromatic nitrogens is 4. The summed E-state index contributed by atoms with van der Waals surface area (Å²) in [6.45, 7) is 1.82. The van der Waals surface area contributed by atoms with Crippen molar-refractivity contribution in [1.82, 2.24) is 19.3 Å². The second kappa shape index (κ2) is 8.22. The van der Waals surface area contributed by atoms with E-state index < -0.39 is 0 Å². The predicted octanol–water partition coefficient (Wildman–Crippen LogP) is 3.61. The zero-order valence-electron chi connectivity index (χ0n) is 16.0. The number of carbonyl (C=O) groups excluding carboxylic acids is 1. The van der Waals surface area contributed by atoms with Crippen LogP contribution in [0.1, 0.15) is 12.1 Å². The highest BCUT2D eigenvalue weighted by atomic mass is 32.2. The second-order valence-electron chi connectivity index (χ2n) is 6.40. The van der Waals surface area contributed by atoms with Gasteiger partial charge in [0.05, 0.1) is 21.6 Å². The molecule has 0 unspecified atom stereocenters. The molecule has 7 nitrogen and oxygen atoms in total. The molecule has 1 amide bonds. The molecule has 0 aliphatic rings. The summed E-state index contributed by atoms with van der Waals surface area (Å²) in [6, 6.07) is 11.3. The van der Waals surface area contributed by atoms with Crippen molar-refractivity contribution in [3.8, 4) is 5.69 Å². The van der Waals surface area contributed by atoms with Gasteiger partial charge in [0.25, 0.3) is 5.56 Å². The molecule has 1 N–H and O–H groups in total. The van der Waals surface area contributed by atoms with Crippen molar-refractivity contribution in [2.24, 2.45) is 7.05 Å². The molecule has 0 atom stereocenters. The molecule has 0 saturated heterocycles. The van der Waals surface area contributed by atoms with Gasteiger partial charge in [-0.3, -0.25) is 14.3 Å². The first-order chi connectivity index (χ1) is 14.1. The summed E-state index contributed by atoms with van der Waals surface area (Å²) >= 11 is 3.11. The summed E-state index contributed by atoms with van der Waals surface area (Å²) < 4.78 is 4.33. The van der Waals surface area contributed by atoms with Crippen LogP contribution < -0.4 is 10.9 Å². The molecule has 3 aromatic heterocycles. The van der Waals surface area contributed by atoms with E-state index in [4.69, 9.17) is 0 Å². The third-order valence-electron chi connectivity index (χ3n) is 4.60. The van der Waals surface area contributed by atoms with Crippen molar-refractivity contribution < 1.29 is 4.79 Å². The summed E-state index contributed by atoms with van der Waals surface area (Å²) in [4.78, 5) is 33.9. The van der Waals surface area contributed by atoms with E-state index in [1.54, 1.807) is 27.7 Å². The van der Waals surface area contributed by atoms with Gasteiger partial charge in [0.15, 0.2) is 0 Å². The van der Waals surface area contributed by atoms with Gasteiger partial charge in [-0.2, -0.15) is 0 Å². The Morgan fingerprint density at radius 3 is 2.79 bits per heavy atom. The molecular weight excluding hydrogens is 406 g/mol. The topological polar surface area (TPSA) is 81.8 Å². The lowest BCUT2D eigenvalue weighted by Crippen LogP contribution is -2.23. The van der Waals surface area contributed by atoms with Gasteiger partial charge in [-0.05, 0) is 30.5 Å². The van der Waals surface area contributed by atoms with Crippen LogP contribution in [0.2, 0.25) is 0 Å². The van der Waals surface area contributed by atoms with Gasteiger partial charge in [0.1, 0.15) is 17.0 Å². The van der Waals surface area contributed by atoms with Gasteiger partial charge in [-0.1, -0.05) is 18.2 Å². The van der Waals surface area contributed by atoms with Crippen LogP contribution in [0.25, 0.3) is 15.9 Å². The van der Waals surface area contributed by atoms with Crippen LogP contribution in [0.4, 0.5) is 5.69 Å². The van der Waals surface area contributed by atoms with Crippen molar-refractivity contribution in [2.75, 3.05) is 11.1 Å². The summed E-state index contributed by atoms with van der Waals surface area (Å²) in [5.41, 5.74) is 2.44. The van der Waals surface area contributed by atoms with Crippen molar-refractivity contribution >= 4 is 44.9 Å². The van der Waals surface area contributed by atoms with Crippen molar-refractivity contribution in [2.45, 2.75) is 18.4 Å². The van der Waals surface area contributed by atoms with Crippen LogP contribution in [0.5, 0.6) is 0 Å². The molecule has 0 radical (unpaired) electrons. The molecule has 0 fully saturated rings. The average Bonchev–Trinajstić information content (AvgIpc) is 3.29. The predicted molar refractivity (Wildman–Crippen MR) is 117 cm³/mol. The Bertz CT molecular complexity index is 1230. The number of nitrogens with zero attached hydrogens (tertiary/aromatic N) is 4. The van der Waals surface area contributed by atoms with E-state index in [1.807, 2.05) is 48.7 Å². The fraction of sp³-hybridized carbons (Fsp3) is 0.200. The number of thioether (sulfide) groups is 1. The Kier molecular flexibility index (Phi) is 5.50. The number of amides is 1. The van der Waals surface area contributed by atoms with E-state index in [9.17, 15) is 9.59 Å². The molecule has 0 bridgehead atoms. The first-order valence-electron chi connectivity index (χ1n) is 9.01. The molecule has 0 aliphatic heterocycles. The zero-order chi connectivity index (χ0) is 20.4. The number of hydrogen-bond donors (Lipinski definition) is 1. The lowest BCUT2D eigenvalue weighted by molar-refractivity contribution is -0.115. The molecule has 3 heterocycles. The average molecular weight is 426 g/mol. The molecule has 1 aromatic carbocycles. The van der Waals surface area contributed by atoms with E-state index in [2.05, 4.69) is 15.3 Å². The van der Waals surface area contributed by atoms with E-state index in [-0.39, 0.29) is 17.9 Å². The first-order valence-corrected chi connectivity index (χ1v) is 10.9. The minimum atomic E-state index is -0.242. The Morgan fingerprint density at radius 2 is 2.00 bits per heavy atom. The number of fused-ring (bicyclic) bond motifs is 1. The zero-order valence-corrected chi connectivity index (χ0v) is 17.6. The highest BCUT2D eigenvalue weighted by molar-refractivity contribution is 7.99. The van der Waals surface area contributed by atoms with E-state index in [0.29, 0.717) is 17.1 Å². The summed E-state index contributed by atoms with van der Waals surface area (Å²) in [5.74, 6) is 0.370. The number of thiophene rings is 1. The fourth-order valence-electron chi connectivity index (χ4n) is 3.02. The van der Waals surface area contributed by atoms with E-state index >= 15 is 0 Å². The quantitative estimate of drug-likeness (QED) is 0.377. The van der Waals surface area contributed by atoms with Crippen molar-refractivity contribution in [3.63, 3.8) is 0 Å². The SMILES string of the molecule is Cc1c(NC(=O)CCSc2ncnc3ccsc23)c(=O)n(-c2ccccc2)n1C. The maximum atomic E-state index is 12.9. The third-order valence-corrected chi connectivity index (χ3v) is 6.63. The van der Waals surface area contributed by atoms with Crippen molar-refractivity contribution in [1.29, 1.82) is 0 Å². The summed E-state index contributed by atoms with van der Waals surface area (Å²) in [6.07, 6.45) is 1.82. The Labute approximate surface area is 175 Å². The summed E-state index contributed by atoms with van der Waals surface area (Å²) in [5, 5.41) is 5.64. The maximum Gasteiger partial charge on any atom is 0.295 e. The molecule has 4 aromatic rings. The van der Waals surface area contributed by atoms with Crippen LogP contribution in [-0.4, -0.2) is 31.0 Å². The normalized spacial score (nSPS) is 11.1. The van der Waals surface area contributed by atoms with Gasteiger partial charge in [-0.25, -0.2) is 14.6 Å².